The van der Waals surface area contributed by atoms with Crippen molar-refractivity contribution in [3.8, 4) is 18.2 Å². The van der Waals surface area contributed by atoms with Crippen molar-refractivity contribution in [3.63, 3.8) is 0 Å². The first-order valence-corrected chi connectivity index (χ1v) is 10.7. The van der Waals surface area contributed by atoms with Crippen molar-refractivity contribution >= 4 is 5.90 Å². The molecule has 3 fully saturated rings. The van der Waals surface area contributed by atoms with Gasteiger partial charge in [-0.1, -0.05) is 52.4 Å². The quantitative estimate of drug-likeness (QED) is 0.634. The lowest BCUT2D eigenvalue weighted by Crippen LogP contribution is -2.64. The normalized spacial score (nSPS) is 37.8. The van der Waals surface area contributed by atoms with Crippen LogP contribution in [0.25, 0.3) is 0 Å². The highest BCUT2D eigenvalue weighted by Crippen LogP contribution is 2.67. The van der Waals surface area contributed by atoms with E-state index in [0.717, 1.165) is 44.9 Å². The first kappa shape index (κ1) is 20.6. The smallest absolute Gasteiger partial charge is 0.217 e. The van der Waals surface area contributed by atoms with Crippen LogP contribution in [0.3, 0.4) is 0 Å². The van der Waals surface area contributed by atoms with Crippen LogP contribution in [0, 0.1) is 62.1 Å². The number of rotatable bonds is 7. The van der Waals surface area contributed by atoms with Gasteiger partial charge in [0.2, 0.25) is 11.7 Å². The van der Waals surface area contributed by atoms with E-state index in [1.165, 1.54) is 0 Å². The Hall–Kier alpha value is -2.10. The second-order valence-electron chi connectivity index (χ2n) is 8.63. The SMILES string of the molecule is CCCCCCC1OC23CCC(CCC)CC2C(C#N)(C(=N)O3)C1(C#N)C#N. The molecule has 0 aromatic rings. The molecule has 3 aliphatic rings. The third kappa shape index (κ3) is 2.64. The maximum atomic E-state index is 10.3. The van der Waals surface area contributed by atoms with Gasteiger partial charge in [-0.15, -0.1) is 0 Å². The lowest BCUT2D eigenvalue weighted by molar-refractivity contribution is -0.297. The third-order valence-electron chi connectivity index (χ3n) is 7.15. The summed E-state index contributed by atoms with van der Waals surface area (Å²) in [7, 11) is 0. The molecule has 150 valence electrons. The van der Waals surface area contributed by atoms with Gasteiger partial charge in [0, 0.05) is 6.42 Å². The summed E-state index contributed by atoms with van der Waals surface area (Å²) in [5, 5.41) is 39.1. The van der Waals surface area contributed by atoms with E-state index in [2.05, 4.69) is 32.1 Å². The monoisotopic (exact) mass is 382 g/mol. The summed E-state index contributed by atoms with van der Waals surface area (Å²) < 4.78 is 12.4. The maximum Gasteiger partial charge on any atom is 0.217 e. The van der Waals surface area contributed by atoms with E-state index < -0.39 is 28.6 Å². The summed E-state index contributed by atoms with van der Waals surface area (Å²) in [6.07, 6.45) is 8.12. The molecule has 0 amide bonds. The molecule has 6 heteroatoms. The lowest BCUT2D eigenvalue weighted by atomic mass is 9.50. The van der Waals surface area contributed by atoms with Gasteiger partial charge in [0.05, 0.1) is 30.2 Å². The Morgan fingerprint density at radius 3 is 2.39 bits per heavy atom. The molecule has 2 bridgehead atoms. The van der Waals surface area contributed by atoms with Crippen LogP contribution in [-0.2, 0) is 9.47 Å². The summed E-state index contributed by atoms with van der Waals surface area (Å²) in [6.45, 7) is 4.26. The molecular weight excluding hydrogens is 352 g/mol. The molecule has 0 aromatic heterocycles. The molecule has 2 heterocycles. The van der Waals surface area contributed by atoms with Crippen LogP contribution >= 0.6 is 0 Å². The van der Waals surface area contributed by atoms with E-state index >= 15 is 0 Å². The zero-order valence-electron chi connectivity index (χ0n) is 17.0. The van der Waals surface area contributed by atoms with E-state index in [1.807, 2.05) is 0 Å². The molecule has 1 aliphatic carbocycles. The predicted octanol–water partition coefficient (Wildman–Crippen LogP) is 4.82. The van der Waals surface area contributed by atoms with Crippen LogP contribution in [0.2, 0.25) is 0 Å². The summed E-state index contributed by atoms with van der Waals surface area (Å²) in [5.74, 6) is -1.29. The molecule has 0 spiro atoms. The highest BCUT2D eigenvalue weighted by atomic mass is 16.7. The van der Waals surface area contributed by atoms with Crippen LogP contribution < -0.4 is 0 Å². The lowest BCUT2D eigenvalue weighted by Gasteiger charge is -2.52. The van der Waals surface area contributed by atoms with Crippen LogP contribution in [-0.4, -0.2) is 17.8 Å². The number of nitrogens with zero attached hydrogens (tertiary/aromatic N) is 3. The minimum atomic E-state index is -1.70. The molecule has 5 atom stereocenters. The third-order valence-corrected chi connectivity index (χ3v) is 7.15. The molecule has 6 nitrogen and oxygen atoms in total. The molecule has 0 aromatic carbocycles. The van der Waals surface area contributed by atoms with E-state index in [9.17, 15) is 15.8 Å². The van der Waals surface area contributed by atoms with Gasteiger partial charge >= 0.3 is 0 Å². The molecule has 2 saturated heterocycles. The molecule has 3 rings (SSSR count). The van der Waals surface area contributed by atoms with Crippen molar-refractivity contribution in [1.82, 2.24) is 0 Å². The van der Waals surface area contributed by atoms with Gasteiger partial charge in [0.15, 0.2) is 10.8 Å². The summed E-state index contributed by atoms with van der Waals surface area (Å²) in [6, 6.07) is 6.58. The minimum absolute atomic E-state index is 0.240. The molecule has 5 unspecified atom stereocenters. The molecule has 0 radical (unpaired) electrons. The summed E-state index contributed by atoms with van der Waals surface area (Å²) in [4.78, 5) is 0. The van der Waals surface area contributed by atoms with E-state index in [4.69, 9.17) is 14.9 Å². The standard InChI is InChI=1S/C22H30N4O2/c1-3-5-6-7-9-18-20(13-23,14-24)21(15-25)17-12-16(8-4-2)10-11-22(17,27-18)28-19(21)26/h16-18,26H,3-12H2,1-2H3. The molecule has 2 aliphatic heterocycles. The molecule has 1 saturated carbocycles. The predicted molar refractivity (Wildman–Crippen MR) is 103 cm³/mol. The largest absolute Gasteiger partial charge is 0.447 e. The summed E-state index contributed by atoms with van der Waals surface area (Å²) >= 11 is 0. The number of unbranched alkanes of at least 4 members (excludes halogenated alkanes) is 3. The van der Waals surface area contributed by atoms with Crippen molar-refractivity contribution in [2.45, 2.75) is 89.9 Å². The van der Waals surface area contributed by atoms with Gasteiger partial charge in [0.1, 0.15) is 0 Å². The number of hydrogen-bond donors (Lipinski definition) is 1. The zero-order valence-corrected chi connectivity index (χ0v) is 17.0. The fourth-order valence-electron chi connectivity index (χ4n) is 5.72. The second-order valence-corrected chi connectivity index (χ2v) is 8.63. The number of ether oxygens (including phenoxy) is 2. The molecule has 1 N–H and O–H groups in total. The summed E-state index contributed by atoms with van der Waals surface area (Å²) in [5.41, 5.74) is -3.25. The van der Waals surface area contributed by atoms with Crippen LogP contribution in [0.15, 0.2) is 0 Å². The second kappa shape index (κ2) is 7.73. The average Bonchev–Trinajstić information content (AvgIpc) is 2.90. The Labute approximate surface area is 167 Å². The Balaban J connectivity index is 2.03. The number of nitrogens with one attached hydrogen (secondary N) is 1. The number of nitriles is 3. The first-order chi connectivity index (χ1) is 13.5. The molecular formula is C22H30N4O2. The van der Waals surface area contributed by atoms with Gasteiger partial charge in [-0.25, -0.2) is 0 Å². The van der Waals surface area contributed by atoms with E-state index in [-0.39, 0.29) is 5.90 Å². The van der Waals surface area contributed by atoms with Crippen LogP contribution in [0.1, 0.15) is 78.1 Å². The van der Waals surface area contributed by atoms with Gasteiger partial charge in [-0.2, -0.15) is 15.8 Å². The van der Waals surface area contributed by atoms with Gasteiger partial charge < -0.3 is 9.47 Å². The molecule has 28 heavy (non-hydrogen) atoms. The van der Waals surface area contributed by atoms with Gasteiger partial charge in [-0.05, 0) is 25.2 Å². The maximum absolute atomic E-state index is 10.3. The van der Waals surface area contributed by atoms with E-state index in [1.54, 1.807) is 0 Å². The van der Waals surface area contributed by atoms with Crippen molar-refractivity contribution in [1.29, 1.82) is 21.2 Å². The van der Waals surface area contributed by atoms with Crippen molar-refractivity contribution in [2.24, 2.45) is 22.7 Å². The van der Waals surface area contributed by atoms with Crippen molar-refractivity contribution in [3.05, 3.63) is 0 Å². The van der Waals surface area contributed by atoms with Crippen molar-refractivity contribution in [2.75, 3.05) is 0 Å². The van der Waals surface area contributed by atoms with Crippen LogP contribution in [0.5, 0.6) is 0 Å². The van der Waals surface area contributed by atoms with Gasteiger partial charge in [-0.3, -0.25) is 5.41 Å². The topological polar surface area (TPSA) is 114 Å². The van der Waals surface area contributed by atoms with E-state index in [0.29, 0.717) is 25.2 Å². The highest BCUT2D eigenvalue weighted by molar-refractivity contribution is 5.89. The average molecular weight is 383 g/mol. The number of hydrogen-bond acceptors (Lipinski definition) is 6. The fraction of sp³-hybridized carbons (Fsp3) is 0.818. The highest BCUT2D eigenvalue weighted by Gasteiger charge is 2.80. The Morgan fingerprint density at radius 1 is 1.04 bits per heavy atom. The Kier molecular flexibility index (Phi) is 5.69. The zero-order chi connectivity index (χ0) is 20.4. The Morgan fingerprint density at radius 2 is 1.79 bits per heavy atom. The Bertz CT molecular complexity index is 731. The fourth-order valence-corrected chi connectivity index (χ4v) is 5.72. The van der Waals surface area contributed by atoms with Crippen molar-refractivity contribution < 1.29 is 9.47 Å². The first-order valence-electron chi connectivity index (χ1n) is 10.7. The minimum Gasteiger partial charge on any atom is -0.447 e. The van der Waals surface area contributed by atoms with Gasteiger partial charge in [0.25, 0.3) is 0 Å². The van der Waals surface area contributed by atoms with Crippen LogP contribution in [0.4, 0.5) is 0 Å².